The molecule has 8 heteroatoms. The molecule has 5 rings (SSSR count). The molecule has 160 valence electrons. The number of aromatic hydroxyl groups is 1. The van der Waals surface area contributed by atoms with Gasteiger partial charge in [-0.3, -0.25) is 0 Å². The molecular weight excluding hydrogens is 392 g/mol. The number of phenols is 1. The molecule has 31 heavy (non-hydrogen) atoms. The number of phenolic OH excluding ortho intramolecular Hbond substituents is 1. The number of halogens is 1. The molecule has 2 aromatic heterocycles. The van der Waals surface area contributed by atoms with E-state index in [4.69, 9.17) is 0 Å². The van der Waals surface area contributed by atoms with Crippen molar-refractivity contribution in [1.29, 1.82) is 0 Å². The van der Waals surface area contributed by atoms with Gasteiger partial charge in [-0.25, -0.2) is 9.37 Å². The number of aromatic nitrogens is 4. The Hall–Kier alpha value is -2.90. The van der Waals surface area contributed by atoms with Crippen molar-refractivity contribution < 1.29 is 9.50 Å². The van der Waals surface area contributed by atoms with Crippen molar-refractivity contribution in [3.63, 3.8) is 0 Å². The average molecular weight is 419 g/mol. The van der Waals surface area contributed by atoms with Crippen LogP contribution in [0.5, 0.6) is 5.75 Å². The third-order valence-corrected chi connectivity index (χ3v) is 7.31. The molecule has 2 bridgehead atoms. The average Bonchev–Trinajstić information content (AvgIpc) is 3.32. The fourth-order valence-corrected chi connectivity index (χ4v) is 5.80. The summed E-state index contributed by atoms with van der Waals surface area (Å²) in [5, 5.41) is 19.4. The molecule has 2 saturated carbocycles. The summed E-state index contributed by atoms with van der Waals surface area (Å²) in [7, 11) is 4.24. The van der Waals surface area contributed by atoms with Gasteiger partial charge in [0, 0.05) is 42.5 Å². The predicted molar refractivity (Wildman–Crippen MR) is 121 cm³/mol. The standard InChI is InChI=1S/C23H27BFN5O/c1-22-10-16(11-23(24,13-22)12-20(22)25)29(2)21-6-5-18(27-28-21)17-4-3-15(9-19(17)31)30-8-7-26-14-30/h3-9,14,16,20,31H,10-13,24H2,1-2H3/t16-,20-,22-,23+/m1/s1. The van der Waals surface area contributed by atoms with E-state index in [9.17, 15) is 9.50 Å². The number of imidazole rings is 1. The monoisotopic (exact) mass is 419 g/mol. The quantitative estimate of drug-likeness (QED) is 0.655. The molecule has 4 atom stereocenters. The number of benzene rings is 1. The number of fused-ring (bicyclic) bond motifs is 2. The highest BCUT2D eigenvalue weighted by molar-refractivity contribution is 6.15. The summed E-state index contributed by atoms with van der Waals surface area (Å²) < 4.78 is 16.5. The fourth-order valence-electron chi connectivity index (χ4n) is 5.80. The van der Waals surface area contributed by atoms with Crippen LogP contribution >= 0.6 is 0 Å². The Balaban J connectivity index is 1.36. The Morgan fingerprint density at radius 1 is 1.19 bits per heavy atom. The van der Waals surface area contributed by atoms with E-state index >= 15 is 0 Å². The van der Waals surface area contributed by atoms with Gasteiger partial charge in [-0.15, -0.1) is 10.2 Å². The van der Waals surface area contributed by atoms with Gasteiger partial charge in [-0.1, -0.05) is 12.2 Å². The largest absolute Gasteiger partial charge is 0.507 e. The summed E-state index contributed by atoms with van der Waals surface area (Å²) >= 11 is 0. The molecule has 0 radical (unpaired) electrons. The molecule has 0 amide bonds. The van der Waals surface area contributed by atoms with Gasteiger partial charge in [-0.05, 0) is 49.9 Å². The van der Waals surface area contributed by atoms with Crippen LogP contribution in [0.3, 0.4) is 0 Å². The van der Waals surface area contributed by atoms with Crippen LogP contribution in [0.2, 0.25) is 5.31 Å². The molecule has 3 aromatic rings. The lowest BCUT2D eigenvalue weighted by atomic mass is 9.57. The summed E-state index contributed by atoms with van der Waals surface area (Å²) in [4.78, 5) is 6.18. The number of nitrogens with zero attached hydrogens (tertiary/aromatic N) is 5. The first kappa shape index (κ1) is 20.0. The zero-order chi connectivity index (χ0) is 21.8. The molecule has 0 aliphatic heterocycles. The number of alkyl halides is 1. The van der Waals surface area contributed by atoms with Crippen LogP contribution < -0.4 is 4.90 Å². The zero-order valence-electron chi connectivity index (χ0n) is 18.2. The van der Waals surface area contributed by atoms with Crippen molar-refractivity contribution in [1.82, 2.24) is 19.7 Å². The Morgan fingerprint density at radius 3 is 2.68 bits per heavy atom. The topological polar surface area (TPSA) is 67.1 Å². The van der Waals surface area contributed by atoms with Crippen molar-refractivity contribution in [2.75, 3.05) is 11.9 Å². The van der Waals surface area contributed by atoms with Gasteiger partial charge in [0.25, 0.3) is 0 Å². The SMILES string of the molecule is B[C@]12C[C@H](N(C)c3ccc(-c4ccc(-n5ccnc5)cc4O)nn3)C[C@](C)(C1)[C@H](F)C2. The van der Waals surface area contributed by atoms with E-state index in [1.54, 1.807) is 18.6 Å². The van der Waals surface area contributed by atoms with E-state index in [1.165, 1.54) is 0 Å². The summed E-state index contributed by atoms with van der Waals surface area (Å²) in [5.41, 5.74) is 1.81. The van der Waals surface area contributed by atoms with Gasteiger partial charge in [-0.2, -0.15) is 0 Å². The van der Waals surface area contributed by atoms with Crippen molar-refractivity contribution in [3.8, 4) is 22.7 Å². The molecule has 2 aliphatic carbocycles. The number of hydrogen-bond acceptors (Lipinski definition) is 5. The molecule has 2 fully saturated rings. The summed E-state index contributed by atoms with van der Waals surface area (Å²) in [6.07, 6.45) is 7.90. The van der Waals surface area contributed by atoms with Crippen molar-refractivity contribution in [2.24, 2.45) is 5.41 Å². The molecule has 1 aromatic carbocycles. The van der Waals surface area contributed by atoms with E-state index in [0.717, 1.165) is 30.8 Å². The smallest absolute Gasteiger partial charge is 0.151 e. The van der Waals surface area contributed by atoms with Crippen LogP contribution in [-0.4, -0.2) is 52.0 Å². The molecule has 0 unspecified atom stereocenters. The maximum Gasteiger partial charge on any atom is 0.151 e. The summed E-state index contributed by atoms with van der Waals surface area (Å²) in [6.45, 7) is 2.09. The third kappa shape index (κ3) is 3.48. The second-order valence-electron chi connectivity index (χ2n) is 9.93. The number of hydrogen-bond donors (Lipinski definition) is 1. The Labute approximate surface area is 182 Å². The van der Waals surface area contributed by atoms with Crippen LogP contribution in [0.4, 0.5) is 10.2 Å². The van der Waals surface area contributed by atoms with E-state index in [0.29, 0.717) is 17.7 Å². The molecular formula is C23H27BFN5O. The van der Waals surface area contributed by atoms with Crippen LogP contribution in [0.25, 0.3) is 16.9 Å². The molecule has 2 aliphatic rings. The first-order valence-electron chi connectivity index (χ1n) is 10.8. The maximum absolute atomic E-state index is 14.7. The molecule has 6 nitrogen and oxygen atoms in total. The molecule has 2 heterocycles. The first-order valence-corrected chi connectivity index (χ1v) is 10.8. The second-order valence-corrected chi connectivity index (χ2v) is 9.93. The van der Waals surface area contributed by atoms with Gasteiger partial charge in [0.1, 0.15) is 19.8 Å². The van der Waals surface area contributed by atoms with Gasteiger partial charge in [0.2, 0.25) is 0 Å². The Kier molecular flexibility index (Phi) is 4.57. The van der Waals surface area contributed by atoms with Crippen LogP contribution in [0.1, 0.15) is 32.6 Å². The molecule has 1 N–H and O–H groups in total. The van der Waals surface area contributed by atoms with E-state index < -0.39 is 6.17 Å². The van der Waals surface area contributed by atoms with E-state index in [2.05, 4.69) is 34.9 Å². The molecule has 0 spiro atoms. The lowest BCUT2D eigenvalue weighted by Gasteiger charge is -2.44. The Morgan fingerprint density at radius 2 is 2.03 bits per heavy atom. The maximum atomic E-state index is 14.7. The van der Waals surface area contributed by atoms with Crippen molar-refractivity contribution in [3.05, 3.63) is 49.1 Å². The normalized spacial score (nSPS) is 29.8. The van der Waals surface area contributed by atoms with E-state index in [1.807, 2.05) is 42.1 Å². The minimum atomic E-state index is -0.724. The zero-order valence-corrected chi connectivity index (χ0v) is 18.2. The minimum Gasteiger partial charge on any atom is -0.507 e. The molecule has 0 saturated heterocycles. The van der Waals surface area contributed by atoms with Gasteiger partial charge in [0.05, 0.1) is 17.7 Å². The van der Waals surface area contributed by atoms with Crippen molar-refractivity contribution >= 4 is 13.7 Å². The highest BCUT2D eigenvalue weighted by atomic mass is 19.1. The lowest BCUT2D eigenvalue weighted by molar-refractivity contribution is 0.127. The highest BCUT2D eigenvalue weighted by Gasteiger charge is 2.55. The lowest BCUT2D eigenvalue weighted by Crippen LogP contribution is -2.43. The Bertz CT molecular complexity index is 1090. The third-order valence-electron chi connectivity index (χ3n) is 7.31. The second kappa shape index (κ2) is 7.07. The first-order chi connectivity index (χ1) is 14.8. The number of rotatable bonds is 4. The van der Waals surface area contributed by atoms with Crippen LogP contribution in [0, 0.1) is 5.41 Å². The summed E-state index contributed by atoms with van der Waals surface area (Å²) in [6, 6.07) is 9.48. The highest BCUT2D eigenvalue weighted by Crippen LogP contribution is 2.62. The minimum absolute atomic E-state index is 0.0570. The fraction of sp³-hybridized carbons (Fsp3) is 0.435. The van der Waals surface area contributed by atoms with Gasteiger partial charge < -0.3 is 14.6 Å². The van der Waals surface area contributed by atoms with Crippen molar-refractivity contribution in [2.45, 2.75) is 50.1 Å². The number of anilines is 1. The van der Waals surface area contributed by atoms with Crippen LogP contribution in [-0.2, 0) is 0 Å². The van der Waals surface area contributed by atoms with Crippen LogP contribution in [0.15, 0.2) is 49.1 Å². The predicted octanol–water partition coefficient (Wildman–Crippen LogP) is 3.56. The van der Waals surface area contributed by atoms with E-state index in [-0.39, 0.29) is 22.5 Å². The van der Waals surface area contributed by atoms with Gasteiger partial charge in [0.15, 0.2) is 5.82 Å². The van der Waals surface area contributed by atoms with Gasteiger partial charge >= 0.3 is 0 Å². The summed E-state index contributed by atoms with van der Waals surface area (Å²) in [5.74, 6) is 0.910.